The number of hydrogen-bond donors (Lipinski definition) is 2. The molecule has 0 saturated carbocycles. The van der Waals surface area contributed by atoms with Gasteiger partial charge in [0.1, 0.15) is 17.4 Å². The van der Waals surface area contributed by atoms with Gasteiger partial charge in [-0.3, -0.25) is 9.88 Å². The van der Waals surface area contributed by atoms with Crippen molar-refractivity contribution in [3.8, 4) is 11.1 Å². The second-order valence-electron chi connectivity index (χ2n) is 8.78. The number of benzene rings is 1. The van der Waals surface area contributed by atoms with Gasteiger partial charge >= 0.3 is 0 Å². The Morgan fingerprint density at radius 1 is 0.939 bits per heavy atom. The van der Waals surface area contributed by atoms with Crippen LogP contribution in [-0.4, -0.2) is 56.4 Å². The number of aliphatic hydroxyl groups is 1. The number of aromatic amines is 1. The molecule has 0 radical (unpaired) electrons. The zero-order valence-electron chi connectivity index (χ0n) is 18.3. The number of aromatic nitrogens is 3. The van der Waals surface area contributed by atoms with E-state index in [4.69, 9.17) is 0 Å². The summed E-state index contributed by atoms with van der Waals surface area (Å²) in [6.45, 7) is 3.28. The van der Waals surface area contributed by atoms with Gasteiger partial charge in [-0.1, -0.05) is 30.7 Å². The SMILES string of the molecule is OCC1N=NN=C1c1cc2c(cn1)[nH]c1ncc(-c3ccc(CN4CCCCC4)cc3)cc12. The monoisotopic (exact) mass is 439 g/mol. The van der Waals surface area contributed by atoms with Crippen LogP contribution < -0.4 is 0 Å². The summed E-state index contributed by atoms with van der Waals surface area (Å²) in [7, 11) is 0. The molecule has 5 heterocycles. The summed E-state index contributed by atoms with van der Waals surface area (Å²) in [5, 5.41) is 23.3. The maximum absolute atomic E-state index is 9.54. The number of hydrogen-bond acceptors (Lipinski definition) is 7. The summed E-state index contributed by atoms with van der Waals surface area (Å²) in [5.74, 6) is 0. The molecule has 0 spiro atoms. The van der Waals surface area contributed by atoms with Crippen molar-refractivity contribution in [3.63, 3.8) is 0 Å². The van der Waals surface area contributed by atoms with Crippen molar-refractivity contribution in [1.29, 1.82) is 0 Å². The molecule has 2 aliphatic rings. The molecule has 33 heavy (non-hydrogen) atoms. The molecule has 0 amide bonds. The molecule has 4 aromatic rings. The first kappa shape index (κ1) is 20.1. The summed E-state index contributed by atoms with van der Waals surface area (Å²) in [4.78, 5) is 15.0. The van der Waals surface area contributed by atoms with E-state index in [0.717, 1.165) is 39.6 Å². The highest BCUT2D eigenvalue weighted by Gasteiger charge is 2.23. The number of pyridine rings is 2. The van der Waals surface area contributed by atoms with Crippen molar-refractivity contribution in [1.82, 2.24) is 19.9 Å². The molecule has 1 atom stereocenters. The normalized spacial score (nSPS) is 18.9. The van der Waals surface area contributed by atoms with E-state index < -0.39 is 6.04 Å². The van der Waals surface area contributed by atoms with E-state index in [1.165, 1.54) is 37.9 Å². The van der Waals surface area contributed by atoms with Gasteiger partial charge in [0.05, 0.1) is 24.0 Å². The summed E-state index contributed by atoms with van der Waals surface area (Å²) in [5.41, 5.74) is 6.54. The quantitative estimate of drug-likeness (QED) is 0.484. The van der Waals surface area contributed by atoms with E-state index in [1.807, 2.05) is 12.3 Å². The van der Waals surface area contributed by atoms with E-state index in [0.29, 0.717) is 11.4 Å². The predicted molar refractivity (Wildman–Crippen MR) is 128 cm³/mol. The van der Waals surface area contributed by atoms with Gasteiger partial charge in [0.2, 0.25) is 0 Å². The third kappa shape index (κ3) is 3.81. The van der Waals surface area contributed by atoms with Crippen LogP contribution in [0.4, 0.5) is 0 Å². The molecule has 166 valence electrons. The van der Waals surface area contributed by atoms with E-state index in [9.17, 15) is 5.11 Å². The first-order valence-electron chi connectivity index (χ1n) is 11.5. The predicted octanol–water partition coefficient (Wildman–Crippen LogP) is 4.29. The Morgan fingerprint density at radius 3 is 2.61 bits per heavy atom. The average Bonchev–Trinajstić information content (AvgIpc) is 3.49. The van der Waals surface area contributed by atoms with Crippen LogP contribution in [0.1, 0.15) is 30.5 Å². The maximum Gasteiger partial charge on any atom is 0.142 e. The number of aliphatic hydroxyl groups excluding tert-OH is 1. The molecule has 8 heteroatoms. The number of fused-ring (bicyclic) bond motifs is 3. The maximum atomic E-state index is 9.54. The Hall–Kier alpha value is -3.49. The van der Waals surface area contributed by atoms with Crippen molar-refractivity contribution in [2.24, 2.45) is 15.4 Å². The molecular weight excluding hydrogens is 414 g/mol. The van der Waals surface area contributed by atoms with Crippen molar-refractivity contribution in [2.75, 3.05) is 19.7 Å². The third-order valence-corrected chi connectivity index (χ3v) is 6.57. The smallest absolute Gasteiger partial charge is 0.142 e. The van der Waals surface area contributed by atoms with Crippen LogP contribution in [0.3, 0.4) is 0 Å². The Kier molecular flexibility index (Phi) is 5.16. The van der Waals surface area contributed by atoms with Crippen molar-refractivity contribution >= 4 is 27.6 Å². The van der Waals surface area contributed by atoms with Crippen LogP contribution in [0.2, 0.25) is 0 Å². The molecule has 6 rings (SSSR count). The van der Waals surface area contributed by atoms with E-state index in [2.05, 4.69) is 65.6 Å². The van der Waals surface area contributed by atoms with Crippen LogP contribution in [-0.2, 0) is 6.54 Å². The summed E-state index contributed by atoms with van der Waals surface area (Å²) < 4.78 is 0. The van der Waals surface area contributed by atoms with E-state index in [1.54, 1.807) is 6.20 Å². The van der Waals surface area contributed by atoms with Gasteiger partial charge in [-0.05, 0) is 54.4 Å². The van der Waals surface area contributed by atoms with Gasteiger partial charge in [0, 0.05) is 29.1 Å². The van der Waals surface area contributed by atoms with Crippen LogP contribution in [0, 0.1) is 0 Å². The van der Waals surface area contributed by atoms with Gasteiger partial charge in [-0.25, -0.2) is 4.98 Å². The van der Waals surface area contributed by atoms with E-state index in [-0.39, 0.29) is 6.61 Å². The number of nitrogens with one attached hydrogen (secondary N) is 1. The molecule has 0 bridgehead atoms. The molecule has 1 aromatic carbocycles. The Morgan fingerprint density at radius 2 is 1.79 bits per heavy atom. The molecule has 2 aliphatic heterocycles. The molecule has 1 unspecified atom stereocenters. The van der Waals surface area contributed by atoms with Gasteiger partial charge in [-0.15, -0.1) is 5.10 Å². The van der Waals surface area contributed by atoms with Crippen molar-refractivity contribution in [3.05, 3.63) is 60.0 Å². The highest BCUT2D eigenvalue weighted by atomic mass is 16.3. The Bertz CT molecular complexity index is 1370. The van der Waals surface area contributed by atoms with Gasteiger partial charge in [0.15, 0.2) is 0 Å². The lowest BCUT2D eigenvalue weighted by Crippen LogP contribution is -2.28. The molecule has 2 N–H and O–H groups in total. The van der Waals surface area contributed by atoms with Crippen molar-refractivity contribution < 1.29 is 5.11 Å². The van der Waals surface area contributed by atoms with Gasteiger partial charge in [0.25, 0.3) is 0 Å². The molecule has 8 nitrogen and oxygen atoms in total. The molecule has 1 saturated heterocycles. The molecule has 1 fully saturated rings. The fraction of sp³-hybridized carbons (Fsp3) is 0.320. The minimum Gasteiger partial charge on any atom is -0.394 e. The zero-order valence-corrected chi connectivity index (χ0v) is 18.3. The minimum atomic E-state index is -0.461. The molecule has 0 aliphatic carbocycles. The van der Waals surface area contributed by atoms with Crippen LogP contribution in [0.15, 0.2) is 64.2 Å². The van der Waals surface area contributed by atoms with Gasteiger partial charge in [-0.2, -0.15) is 5.11 Å². The lowest BCUT2D eigenvalue weighted by atomic mass is 10.0. The Balaban J connectivity index is 1.32. The zero-order chi connectivity index (χ0) is 22.2. The first-order valence-corrected chi connectivity index (χ1v) is 11.5. The van der Waals surface area contributed by atoms with Crippen LogP contribution >= 0.6 is 0 Å². The highest BCUT2D eigenvalue weighted by Crippen LogP contribution is 2.29. The number of nitrogens with zero attached hydrogens (tertiary/aromatic N) is 6. The summed E-state index contributed by atoms with van der Waals surface area (Å²) in [6, 6.07) is 12.5. The van der Waals surface area contributed by atoms with Gasteiger partial charge < -0.3 is 10.1 Å². The topological polar surface area (TPSA) is 102 Å². The summed E-state index contributed by atoms with van der Waals surface area (Å²) in [6.07, 6.45) is 7.66. The lowest BCUT2D eigenvalue weighted by molar-refractivity contribution is 0.221. The fourth-order valence-electron chi connectivity index (χ4n) is 4.75. The Labute approximate surface area is 191 Å². The third-order valence-electron chi connectivity index (χ3n) is 6.57. The average molecular weight is 440 g/mol. The first-order chi connectivity index (χ1) is 16.3. The lowest BCUT2D eigenvalue weighted by Gasteiger charge is -2.26. The van der Waals surface area contributed by atoms with E-state index >= 15 is 0 Å². The highest BCUT2D eigenvalue weighted by molar-refractivity contribution is 6.11. The number of piperidine rings is 1. The number of H-pyrrole nitrogens is 1. The molecular formula is C25H25N7O. The fourth-order valence-corrected chi connectivity index (χ4v) is 4.75. The summed E-state index contributed by atoms with van der Waals surface area (Å²) >= 11 is 0. The number of rotatable bonds is 5. The molecule has 3 aromatic heterocycles. The largest absolute Gasteiger partial charge is 0.394 e. The second kappa shape index (κ2) is 8.46. The number of likely N-dealkylation sites (tertiary alicyclic amines) is 1. The van der Waals surface area contributed by atoms with Crippen LogP contribution in [0.5, 0.6) is 0 Å². The second-order valence-corrected chi connectivity index (χ2v) is 8.78. The van der Waals surface area contributed by atoms with Crippen LogP contribution in [0.25, 0.3) is 33.1 Å². The minimum absolute atomic E-state index is 0.143. The van der Waals surface area contributed by atoms with Crippen molar-refractivity contribution in [2.45, 2.75) is 31.8 Å². The standard InChI is InChI=1S/C25H25N7O/c33-15-23-24(30-31-29-23)21-11-19-20-10-18(12-27-25(20)28-22(19)13-26-21)17-6-4-16(5-7-17)14-32-8-2-1-3-9-32/h4-7,10-13,23,33H,1-3,8-9,14-15H2,(H,27,28).